The molecule has 0 spiro atoms. The number of hydrogen-bond acceptors (Lipinski definition) is 3. The van der Waals surface area contributed by atoms with Gasteiger partial charge in [-0.1, -0.05) is 6.07 Å². The number of rotatable bonds is 1. The van der Waals surface area contributed by atoms with E-state index < -0.39 is 0 Å². The average Bonchev–Trinajstić information content (AvgIpc) is 3.00. The molecule has 20 heavy (non-hydrogen) atoms. The summed E-state index contributed by atoms with van der Waals surface area (Å²) < 4.78 is 14.1. The van der Waals surface area contributed by atoms with Gasteiger partial charge in [0.15, 0.2) is 0 Å². The number of benzene rings is 2. The molecule has 0 aliphatic carbocycles. The van der Waals surface area contributed by atoms with Crippen molar-refractivity contribution in [2.75, 3.05) is 5.73 Å². The fraction of sp³-hybridized carbons (Fsp3) is 0. The summed E-state index contributed by atoms with van der Waals surface area (Å²) >= 11 is 1.52. The van der Waals surface area contributed by atoms with Gasteiger partial charge in [0.1, 0.15) is 11.6 Å². The number of aromatic nitrogens is 2. The maximum absolute atomic E-state index is 13.2. The number of anilines is 1. The Kier molecular flexibility index (Phi) is 2.31. The number of fused-ring (bicyclic) bond motifs is 2. The van der Waals surface area contributed by atoms with Crippen LogP contribution in [0.25, 0.3) is 31.8 Å². The molecule has 0 aliphatic rings. The van der Waals surface area contributed by atoms with Crippen LogP contribution in [0.2, 0.25) is 0 Å². The van der Waals surface area contributed by atoms with E-state index in [2.05, 4.69) is 9.97 Å². The first-order valence-corrected chi connectivity index (χ1v) is 6.95. The van der Waals surface area contributed by atoms with Crippen LogP contribution in [0.3, 0.4) is 0 Å². The Morgan fingerprint density at radius 3 is 2.90 bits per heavy atom. The van der Waals surface area contributed by atoms with Crippen molar-refractivity contribution in [2.24, 2.45) is 0 Å². The van der Waals surface area contributed by atoms with Gasteiger partial charge in [-0.25, -0.2) is 9.37 Å². The summed E-state index contributed by atoms with van der Waals surface area (Å²) in [5.74, 6) is 0.565. The van der Waals surface area contributed by atoms with Gasteiger partial charge < -0.3 is 10.7 Å². The number of nitrogens with zero attached hydrogens (tertiary/aromatic N) is 1. The maximum atomic E-state index is 13.2. The second kappa shape index (κ2) is 4.05. The molecule has 0 aliphatic heterocycles. The highest BCUT2D eigenvalue weighted by molar-refractivity contribution is 7.22. The first-order valence-electron chi connectivity index (χ1n) is 6.14. The summed E-state index contributed by atoms with van der Waals surface area (Å²) in [6.07, 6.45) is 0. The molecule has 0 saturated carbocycles. The lowest BCUT2D eigenvalue weighted by molar-refractivity contribution is 0.630. The summed E-state index contributed by atoms with van der Waals surface area (Å²) in [7, 11) is 0. The fourth-order valence-electron chi connectivity index (χ4n) is 2.27. The van der Waals surface area contributed by atoms with E-state index in [4.69, 9.17) is 5.73 Å². The number of halogens is 1. The number of nitrogens with one attached hydrogen (secondary N) is 1. The van der Waals surface area contributed by atoms with Crippen LogP contribution in [0, 0.1) is 5.82 Å². The third kappa shape index (κ3) is 1.75. The summed E-state index contributed by atoms with van der Waals surface area (Å²) in [6, 6.07) is 12.4. The summed E-state index contributed by atoms with van der Waals surface area (Å²) in [4.78, 5) is 8.79. The van der Waals surface area contributed by atoms with E-state index in [1.165, 1.54) is 17.4 Å². The first kappa shape index (κ1) is 11.4. The lowest BCUT2D eigenvalue weighted by atomic mass is 10.2. The highest BCUT2D eigenvalue weighted by Crippen LogP contribution is 2.33. The molecule has 0 saturated heterocycles. The zero-order valence-electron chi connectivity index (χ0n) is 10.4. The van der Waals surface area contributed by atoms with E-state index in [1.54, 1.807) is 12.1 Å². The van der Waals surface area contributed by atoms with Crippen molar-refractivity contribution in [1.29, 1.82) is 0 Å². The Morgan fingerprint density at radius 1 is 1.10 bits per heavy atom. The lowest BCUT2D eigenvalue weighted by Crippen LogP contribution is -1.82. The standard InChI is InChI=1S/C15H10FN3S/c16-9-2-1-8-5-14(20-13(8)6-9)15-18-11-4-3-10(17)7-12(11)19-15/h1-7H,17H2,(H,18,19). The van der Waals surface area contributed by atoms with Crippen molar-refractivity contribution < 1.29 is 4.39 Å². The van der Waals surface area contributed by atoms with Gasteiger partial charge in [0.05, 0.1) is 15.9 Å². The van der Waals surface area contributed by atoms with Crippen LogP contribution in [-0.2, 0) is 0 Å². The molecule has 98 valence electrons. The highest BCUT2D eigenvalue weighted by atomic mass is 32.1. The third-order valence-electron chi connectivity index (χ3n) is 3.22. The molecular weight excluding hydrogens is 273 g/mol. The minimum absolute atomic E-state index is 0.219. The first-order chi connectivity index (χ1) is 9.69. The summed E-state index contributed by atoms with van der Waals surface area (Å²) in [5.41, 5.74) is 8.24. The van der Waals surface area contributed by atoms with Gasteiger partial charge in [-0.15, -0.1) is 11.3 Å². The van der Waals surface area contributed by atoms with Crippen LogP contribution >= 0.6 is 11.3 Å². The van der Waals surface area contributed by atoms with E-state index >= 15 is 0 Å². The smallest absolute Gasteiger partial charge is 0.148 e. The van der Waals surface area contributed by atoms with Crippen molar-refractivity contribution in [1.82, 2.24) is 9.97 Å². The molecule has 2 aromatic heterocycles. The largest absolute Gasteiger partial charge is 0.399 e. The van der Waals surface area contributed by atoms with E-state index in [0.717, 1.165) is 31.8 Å². The van der Waals surface area contributed by atoms with Gasteiger partial charge in [0, 0.05) is 10.4 Å². The molecule has 4 aromatic rings. The van der Waals surface area contributed by atoms with Crippen molar-refractivity contribution in [3.05, 3.63) is 48.3 Å². The molecule has 5 heteroatoms. The minimum Gasteiger partial charge on any atom is -0.399 e. The Morgan fingerprint density at radius 2 is 2.00 bits per heavy atom. The Hall–Kier alpha value is -2.40. The molecule has 3 nitrogen and oxygen atoms in total. The maximum Gasteiger partial charge on any atom is 0.148 e. The van der Waals surface area contributed by atoms with E-state index in [0.29, 0.717) is 5.69 Å². The van der Waals surface area contributed by atoms with Crippen molar-refractivity contribution >= 4 is 38.1 Å². The number of H-pyrrole nitrogens is 1. The van der Waals surface area contributed by atoms with Crippen LogP contribution in [0.1, 0.15) is 0 Å². The SMILES string of the molecule is Nc1ccc2nc(-c3cc4ccc(F)cc4s3)[nH]c2c1. The van der Waals surface area contributed by atoms with Crippen LogP contribution in [0.4, 0.5) is 10.1 Å². The topological polar surface area (TPSA) is 54.7 Å². The molecule has 0 bridgehead atoms. The van der Waals surface area contributed by atoms with Gasteiger partial charge in [0.2, 0.25) is 0 Å². The predicted molar refractivity (Wildman–Crippen MR) is 81.3 cm³/mol. The summed E-state index contributed by atoms with van der Waals surface area (Å²) in [5, 5.41) is 1.02. The number of aromatic amines is 1. The predicted octanol–water partition coefficient (Wildman–Crippen LogP) is 4.17. The zero-order chi connectivity index (χ0) is 13.7. The molecule has 3 N–H and O–H groups in total. The van der Waals surface area contributed by atoms with Gasteiger partial charge in [-0.05, 0) is 41.8 Å². The van der Waals surface area contributed by atoms with Crippen LogP contribution in [0.5, 0.6) is 0 Å². The second-order valence-electron chi connectivity index (χ2n) is 4.65. The van der Waals surface area contributed by atoms with Crippen molar-refractivity contribution in [2.45, 2.75) is 0 Å². The highest BCUT2D eigenvalue weighted by Gasteiger charge is 2.09. The van der Waals surface area contributed by atoms with Crippen molar-refractivity contribution in [3.8, 4) is 10.7 Å². The van der Waals surface area contributed by atoms with Crippen LogP contribution in [-0.4, -0.2) is 9.97 Å². The number of hydrogen-bond donors (Lipinski definition) is 2. The normalized spacial score (nSPS) is 11.4. The Labute approximate surface area is 117 Å². The molecule has 2 heterocycles. The molecule has 0 fully saturated rings. The number of thiophene rings is 1. The molecule has 0 radical (unpaired) electrons. The number of nitrogen functional groups attached to an aromatic ring is 1. The van der Waals surface area contributed by atoms with Gasteiger partial charge in [-0.3, -0.25) is 0 Å². The van der Waals surface area contributed by atoms with E-state index in [9.17, 15) is 4.39 Å². The molecule has 0 atom stereocenters. The molecule has 0 amide bonds. The third-order valence-corrected chi connectivity index (χ3v) is 4.33. The van der Waals surface area contributed by atoms with Crippen LogP contribution < -0.4 is 5.73 Å². The molecule has 4 rings (SSSR count). The minimum atomic E-state index is -0.219. The monoisotopic (exact) mass is 283 g/mol. The summed E-state index contributed by atoms with van der Waals surface area (Å²) in [6.45, 7) is 0. The Balaban J connectivity index is 1.91. The quantitative estimate of drug-likeness (QED) is 0.515. The molecule has 2 aromatic carbocycles. The molecule has 0 unspecified atom stereocenters. The molecular formula is C15H10FN3S. The second-order valence-corrected chi connectivity index (χ2v) is 5.74. The van der Waals surface area contributed by atoms with Gasteiger partial charge in [0.25, 0.3) is 0 Å². The fourth-order valence-corrected chi connectivity index (χ4v) is 3.30. The van der Waals surface area contributed by atoms with Crippen LogP contribution in [0.15, 0.2) is 42.5 Å². The zero-order valence-corrected chi connectivity index (χ0v) is 11.2. The number of nitrogens with two attached hydrogens (primary N) is 1. The lowest BCUT2D eigenvalue weighted by Gasteiger charge is -1.89. The van der Waals surface area contributed by atoms with Gasteiger partial charge >= 0.3 is 0 Å². The Bertz CT molecular complexity index is 861. The van der Waals surface area contributed by atoms with E-state index in [1.807, 2.05) is 24.3 Å². The van der Waals surface area contributed by atoms with Gasteiger partial charge in [-0.2, -0.15) is 0 Å². The number of imidazole rings is 1. The average molecular weight is 283 g/mol. The van der Waals surface area contributed by atoms with E-state index in [-0.39, 0.29) is 5.82 Å². The van der Waals surface area contributed by atoms with Crippen molar-refractivity contribution in [3.63, 3.8) is 0 Å².